The van der Waals surface area contributed by atoms with Crippen LogP contribution >= 0.6 is 50.9 Å². The molecule has 2 rings (SSSR count). The number of thioether (sulfide) groups is 1. The highest BCUT2D eigenvalue weighted by molar-refractivity contribution is 9.10. The van der Waals surface area contributed by atoms with Crippen LogP contribution in [0.3, 0.4) is 0 Å². The number of aromatic nitrogens is 2. The number of carbonyl (C=O) groups excluding carboxylic acids is 1. The summed E-state index contributed by atoms with van der Waals surface area (Å²) in [4.78, 5) is 20.4. The molecule has 0 atom stereocenters. The molecule has 0 fully saturated rings. The van der Waals surface area contributed by atoms with Crippen LogP contribution in [0.4, 0.5) is 5.69 Å². The van der Waals surface area contributed by atoms with Gasteiger partial charge in [-0.3, -0.25) is 4.79 Å². The molecule has 1 N–H and O–H groups in total. The number of carbonyl (C=O) groups is 1. The Labute approximate surface area is 138 Å². The molecule has 0 aliphatic rings. The van der Waals surface area contributed by atoms with Gasteiger partial charge in [0, 0.05) is 11.9 Å². The van der Waals surface area contributed by atoms with Crippen molar-refractivity contribution in [2.24, 2.45) is 0 Å². The van der Waals surface area contributed by atoms with Crippen molar-refractivity contribution >= 4 is 62.5 Å². The van der Waals surface area contributed by atoms with Crippen molar-refractivity contribution in [1.29, 1.82) is 0 Å². The van der Waals surface area contributed by atoms with Gasteiger partial charge in [0.1, 0.15) is 5.69 Å². The molecule has 1 amide bonds. The third kappa shape index (κ3) is 3.63. The first kappa shape index (κ1) is 15.6. The van der Waals surface area contributed by atoms with Crippen LogP contribution in [0.1, 0.15) is 10.5 Å². The number of nitrogens with zero attached hydrogens (tertiary/aromatic N) is 2. The average molecular weight is 393 g/mol. The van der Waals surface area contributed by atoms with Crippen molar-refractivity contribution in [1.82, 2.24) is 9.97 Å². The summed E-state index contributed by atoms with van der Waals surface area (Å²) in [6.45, 7) is 0. The number of halogens is 3. The predicted octanol–water partition coefficient (Wildman–Crippen LogP) is 4.52. The summed E-state index contributed by atoms with van der Waals surface area (Å²) >= 11 is 16.3. The smallest absolute Gasteiger partial charge is 0.275 e. The summed E-state index contributed by atoms with van der Waals surface area (Å²) in [5.41, 5.74) is 0.802. The second kappa shape index (κ2) is 6.76. The molecule has 2 aromatic rings. The van der Waals surface area contributed by atoms with Crippen LogP contribution in [0.5, 0.6) is 0 Å². The van der Waals surface area contributed by atoms with E-state index in [0.717, 1.165) is 0 Å². The van der Waals surface area contributed by atoms with Crippen molar-refractivity contribution in [2.45, 2.75) is 5.16 Å². The van der Waals surface area contributed by atoms with E-state index < -0.39 is 0 Å². The SMILES string of the molecule is CSc1ncc(Br)c(C(=O)Nc2ccc(Cl)c(Cl)c2)n1. The van der Waals surface area contributed by atoms with Gasteiger partial charge in [0.25, 0.3) is 5.91 Å². The van der Waals surface area contributed by atoms with Gasteiger partial charge in [0.15, 0.2) is 5.16 Å². The van der Waals surface area contributed by atoms with E-state index in [1.54, 1.807) is 24.4 Å². The van der Waals surface area contributed by atoms with Gasteiger partial charge in [-0.1, -0.05) is 35.0 Å². The Morgan fingerprint density at radius 1 is 1.35 bits per heavy atom. The number of nitrogens with one attached hydrogen (secondary N) is 1. The van der Waals surface area contributed by atoms with E-state index in [1.807, 2.05) is 6.26 Å². The molecule has 104 valence electrons. The highest BCUT2D eigenvalue weighted by Gasteiger charge is 2.14. The van der Waals surface area contributed by atoms with Gasteiger partial charge in [0.05, 0.1) is 14.5 Å². The number of hydrogen-bond acceptors (Lipinski definition) is 4. The maximum absolute atomic E-state index is 12.2. The molecular formula is C12H8BrCl2N3OS. The Bertz CT molecular complexity index is 669. The monoisotopic (exact) mass is 391 g/mol. The fourth-order valence-electron chi connectivity index (χ4n) is 1.37. The first-order valence-electron chi connectivity index (χ1n) is 5.34. The molecule has 4 nitrogen and oxygen atoms in total. The summed E-state index contributed by atoms with van der Waals surface area (Å²) in [7, 11) is 0. The highest BCUT2D eigenvalue weighted by atomic mass is 79.9. The van der Waals surface area contributed by atoms with Crippen molar-refractivity contribution in [2.75, 3.05) is 11.6 Å². The molecule has 0 aliphatic carbocycles. The summed E-state index contributed by atoms with van der Waals surface area (Å²) < 4.78 is 0.521. The van der Waals surface area contributed by atoms with Gasteiger partial charge in [0.2, 0.25) is 0 Å². The molecule has 0 unspecified atom stereocenters. The minimum absolute atomic E-state index is 0.260. The number of rotatable bonds is 3. The summed E-state index contributed by atoms with van der Waals surface area (Å²) in [6.07, 6.45) is 3.38. The normalized spacial score (nSPS) is 10.4. The summed E-state index contributed by atoms with van der Waals surface area (Å²) in [6, 6.07) is 4.85. The first-order chi connectivity index (χ1) is 9.51. The van der Waals surface area contributed by atoms with Crippen molar-refractivity contribution in [3.8, 4) is 0 Å². The fourth-order valence-corrected chi connectivity index (χ4v) is 2.38. The molecule has 1 aromatic heterocycles. The van der Waals surface area contributed by atoms with Gasteiger partial charge >= 0.3 is 0 Å². The summed E-state index contributed by atoms with van der Waals surface area (Å²) in [5.74, 6) is -0.354. The number of anilines is 1. The fraction of sp³-hybridized carbons (Fsp3) is 0.0833. The van der Waals surface area contributed by atoms with Crippen LogP contribution in [-0.4, -0.2) is 22.1 Å². The molecule has 8 heteroatoms. The third-order valence-electron chi connectivity index (χ3n) is 2.30. The molecule has 1 aromatic carbocycles. The van der Waals surface area contributed by atoms with E-state index in [1.165, 1.54) is 11.8 Å². The van der Waals surface area contributed by atoms with E-state index in [9.17, 15) is 4.79 Å². The quantitative estimate of drug-likeness (QED) is 0.616. The van der Waals surface area contributed by atoms with Crippen LogP contribution in [0.2, 0.25) is 10.0 Å². The van der Waals surface area contributed by atoms with Crippen LogP contribution in [0.25, 0.3) is 0 Å². The Morgan fingerprint density at radius 2 is 2.10 bits per heavy atom. The lowest BCUT2D eigenvalue weighted by atomic mass is 10.3. The average Bonchev–Trinajstić information content (AvgIpc) is 2.43. The van der Waals surface area contributed by atoms with Gasteiger partial charge < -0.3 is 5.32 Å². The highest BCUT2D eigenvalue weighted by Crippen LogP contribution is 2.26. The zero-order valence-corrected chi connectivity index (χ0v) is 14.1. The van der Waals surface area contributed by atoms with Gasteiger partial charge in [-0.05, 0) is 40.4 Å². The van der Waals surface area contributed by atoms with Gasteiger partial charge in [-0.25, -0.2) is 9.97 Å². The first-order valence-corrected chi connectivity index (χ1v) is 8.11. The van der Waals surface area contributed by atoms with E-state index >= 15 is 0 Å². The molecule has 0 bridgehead atoms. The molecule has 0 spiro atoms. The lowest BCUT2D eigenvalue weighted by molar-refractivity contribution is 0.102. The largest absolute Gasteiger partial charge is 0.321 e. The van der Waals surface area contributed by atoms with Crippen LogP contribution < -0.4 is 5.32 Å². The lowest BCUT2D eigenvalue weighted by Gasteiger charge is -2.07. The zero-order valence-electron chi connectivity index (χ0n) is 10.2. The maximum Gasteiger partial charge on any atom is 0.275 e. The van der Waals surface area contributed by atoms with Crippen LogP contribution in [0.15, 0.2) is 34.0 Å². The lowest BCUT2D eigenvalue weighted by Crippen LogP contribution is -2.15. The molecule has 0 aliphatic heterocycles. The van der Waals surface area contributed by atoms with Crippen LogP contribution in [-0.2, 0) is 0 Å². The Balaban J connectivity index is 2.25. The van der Waals surface area contributed by atoms with E-state index in [2.05, 4.69) is 31.2 Å². The Hall–Kier alpha value is -0.820. The molecule has 1 heterocycles. The number of amides is 1. The van der Waals surface area contributed by atoms with E-state index in [4.69, 9.17) is 23.2 Å². The minimum Gasteiger partial charge on any atom is -0.321 e. The predicted molar refractivity (Wildman–Crippen MR) is 85.9 cm³/mol. The molecule has 20 heavy (non-hydrogen) atoms. The Morgan fingerprint density at radius 3 is 2.75 bits per heavy atom. The van der Waals surface area contributed by atoms with E-state index in [0.29, 0.717) is 25.4 Å². The van der Waals surface area contributed by atoms with Crippen molar-refractivity contribution in [3.63, 3.8) is 0 Å². The van der Waals surface area contributed by atoms with Crippen molar-refractivity contribution < 1.29 is 4.79 Å². The third-order valence-corrected chi connectivity index (χ3v) is 4.18. The molecule has 0 saturated heterocycles. The molecular weight excluding hydrogens is 385 g/mol. The Kier molecular flexibility index (Phi) is 5.26. The number of benzene rings is 1. The maximum atomic E-state index is 12.2. The second-order valence-corrected chi connectivity index (χ2v) is 6.08. The van der Waals surface area contributed by atoms with Gasteiger partial charge in [-0.15, -0.1) is 0 Å². The number of hydrogen-bond donors (Lipinski definition) is 1. The molecule has 0 radical (unpaired) electrons. The second-order valence-electron chi connectivity index (χ2n) is 3.64. The topological polar surface area (TPSA) is 54.9 Å². The minimum atomic E-state index is -0.354. The standard InChI is InChI=1S/C12H8BrCl2N3OS/c1-20-12-16-5-7(13)10(18-12)11(19)17-6-2-3-8(14)9(15)4-6/h2-5H,1H3,(H,17,19). The van der Waals surface area contributed by atoms with Crippen LogP contribution in [0, 0.1) is 0 Å². The van der Waals surface area contributed by atoms with E-state index in [-0.39, 0.29) is 11.6 Å². The zero-order chi connectivity index (χ0) is 14.7. The molecule has 0 saturated carbocycles. The van der Waals surface area contributed by atoms with Crippen molar-refractivity contribution in [3.05, 3.63) is 44.6 Å². The summed E-state index contributed by atoms with van der Waals surface area (Å²) in [5, 5.41) is 4.03. The van der Waals surface area contributed by atoms with Gasteiger partial charge in [-0.2, -0.15) is 0 Å².